The average molecular weight is 161 g/mol. The van der Waals surface area contributed by atoms with Crippen molar-refractivity contribution in [2.24, 2.45) is 0 Å². The lowest BCUT2D eigenvalue weighted by molar-refractivity contribution is 0.381. The Morgan fingerprint density at radius 1 is 1.00 bits per heavy atom. The standard InChI is InChI=1S/C6H13NS.C2H6/c1-8-7-5-3-2-4-6-7;1-2/h2-6H2,1H3;1-2H3. The van der Waals surface area contributed by atoms with E-state index in [-0.39, 0.29) is 0 Å². The number of hydrogen-bond acceptors (Lipinski definition) is 2. The predicted octanol–water partition coefficient (Wildman–Crippen LogP) is 2.78. The van der Waals surface area contributed by atoms with Crippen LogP contribution in [0.15, 0.2) is 0 Å². The normalized spacial score (nSPS) is 19.5. The van der Waals surface area contributed by atoms with Crippen LogP contribution < -0.4 is 0 Å². The molecular weight excluding hydrogens is 142 g/mol. The van der Waals surface area contributed by atoms with Crippen LogP contribution >= 0.6 is 11.9 Å². The van der Waals surface area contributed by atoms with Gasteiger partial charge in [-0.2, -0.15) is 0 Å². The summed E-state index contributed by atoms with van der Waals surface area (Å²) in [5, 5.41) is 0. The van der Waals surface area contributed by atoms with E-state index < -0.39 is 0 Å². The van der Waals surface area contributed by atoms with Crippen molar-refractivity contribution < 1.29 is 0 Å². The Morgan fingerprint density at radius 2 is 1.50 bits per heavy atom. The van der Waals surface area contributed by atoms with Crippen molar-refractivity contribution in [3.8, 4) is 0 Å². The summed E-state index contributed by atoms with van der Waals surface area (Å²) in [6.45, 7) is 6.61. The van der Waals surface area contributed by atoms with Crippen molar-refractivity contribution in [1.29, 1.82) is 0 Å². The molecule has 1 nitrogen and oxygen atoms in total. The molecule has 0 radical (unpaired) electrons. The Bertz CT molecular complexity index is 60.3. The monoisotopic (exact) mass is 161 g/mol. The molecule has 1 saturated heterocycles. The van der Waals surface area contributed by atoms with Crippen molar-refractivity contribution in [2.75, 3.05) is 19.3 Å². The quantitative estimate of drug-likeness (QED) is 0.544. The van der Waals surface area contributed by atoms with Gasteiger partial charge in [0, 0.05) is 13.1 Å². The third-order valence-corrected chi connectivity index (χ3v) is 2.45. The van der Waals surface area contributed by atoms with Gasteiger partial charge in [0.05, 0.1) is 0 Å². The highest BCUT2D eigenvalue weighted by Crippen LogP contribution is 2.14. The molecule has 1 aliphatic rings. The zero-order valence-corrected chi connectivity index (χ0v) is 8.21. The van der Waals surface area contributed by atoms with E-state index in [0.29, 0.717) is 0 Å². The van der Waals surface area contributed by atoms with Crippen LogP contribution in [0.4, 0.5) is 0 Å². The molecule has 1 rings (SSSR count). The minimum absolute atomic E-state index is 1.31. The van der Waals surface area contributed by atoms with Crippen molar-refractivity contribution in [2.45, 2.75) is 33.1 Å². The molecule has 62 valence electrons. The molecule has 0 aromatic heterocycles. The van der Waals surface area contributed by atoms with Crippen LogP contribution in [-0.4, -0.2) is 23.7 Å². The summed E-state index contributed by atoms with van der Waals surface area (Å²) in [6.07, 6.45) is 6.41. The number of piperidine rings is 1. The summed E-state index contributed by atoms with van der Waals surface area (Å²) >= 11 is 1.88. The van der Waals surface area contributed by atoms with Crippen molar-refractivity contribution >= 4 is 11.9 Å². The maximum absolute atomic E-state index is 2.43. The summed E-state index contributed by atoms with van der Waals surface area (Å²) in [5.41, 5.74) is 0. The largest absolute Gasteiger partial charge is 0.251 e. The van der Waals surface area contributed by atoms with Gasteiger partial charge in [-0.1, -0.05) is 32.2 Å². The van der Waals surface area contributed by atoms with Gasteiger partial charge < -0.3 is 0 Å². The molecule has 1 heterocycles. The lowest BCUT2D eigenvalue weighted by Crippen LogP contribution is -2.22. The summed E-state index contributed by atoms with van der Waals surface area (Å²) in [5.74, 6) is 0. The molecule has 0 aromatic rings. The van der Waals surface area contributed by atoms with Gasteiger partial charge in [0.15, 0.2) is 0 Å². The van der Waals surface area contributed by atoms with Gasteiger partial charge in [0.2, 0.25) is 0 Å². The van der Waals surface area contributed by atoms with E-state index in [0.717, 1.165) is 0 Å². The summed E-state index contributed by atoms with van der Waals surface area (Å²) in [7, 11) is 0. The second kappa shape index (κ2) is 7.42. The van der Waals surface area contributed by atoms with Crippen molar-refractivity contribution in [3.63, 3.8) is 0 Å². The van der Waals surface area contributed by atoms with E-state index in [4.69, 9.17) is 0 Å². The molecule has 0 atom stereocenters. The van der Waals surface area contributed by atoms with Crippen LogP contribution in [0.25, 0.3) is 0 Å². The van der Waals surface area contributed by atoms with Crippen LogP contribution in [-0.2, 0) is 0 Å². The molecule has 0 bridgehead atoms. The molecule has 10 heavy (non-hydrogen) atoms. The number of hydrogen-bond donors (Lipinski definition) is 0. The van der Waals surface area contributed by atoms with Gasteiger partial charge in [-0.15, -0.1) is 0 Å². The first kappa shape index (κ1) is 10.3. The zero-order chi connectivity index (χ0) is 7.82. The summed E-state index contributed by atoms with van der Waals surface area (Å²) in [6, 6.07) is 0. The van der Waals surface area contributed by atoms with Crippen LogP contribution in [0, 0.1) is 0 Å². The highest BCUT2D eigenvalue weighted by molar-refractivity contribution is 7.96. The predicted molar refractivity (Wildman–Crippen MR) is 50.3 cm³/mol. The molecule has 0 aromatic carbocycles. The van der Waals surface area contributed by atoms with E-state index in [1.54, 1.807) is 0 Å². The highest BCUT2D eigenvalue weighted by atomic mass is 32.2. The van der Waals surface area contributed by atoms with Crippen LogP contribution in [0.5, 0.6) is 0 Å². The lowest BCUT2D eigenvalue weighted by Gasteiger charge is -2.22. The highest BCUT2D eigenvalue weighted by Gasteiger charge is 2.06. The van der Waals surface area contributed by atoms with Gasteiger partial charge in [-0.25, -0.2) is 0 Å². The molecule has 1 fully saturated rings. The molecule has 2 heteroatoms. The van der Waals surface area contributed by atoms with Crippen molar-refractivity contribution in [3.05, 3.63) is 0 Å². The minimum Gasteiger partial charge on any atom is -0.251 e. The zero-order valence-electron chi connectivity index (χ0n) is 7.39. The second-order valence-electron chi connectivity index (χ2n) is 2.17. The Labute approximate surface area is 69.3 Å². The fraction of sp³-hybridized carbons (Fsp3) is 1.00. The lowest BCUT2D eigenvalue weighted by atomic mass is 10.2. The second-order valence-corrected chi connectivity index (χ2v) is 3.05. The first-order valence-corrected chi connectivity index (χ1v) is 5.40. The fourth-order valence-corrected chi connectivity index (χ4v) is 1.67. The molecule has 0 saturated carbocycles. The smallest absolute Gasteiger partial charge is 0.00892 e. The Hall–Kier alpha value is 0.310. The van der Waals surface area contributed by atoms with Gasteiger partial charge in [-0.3, -0.25) is 4.31 Å². The Balaban J connectivity index is 0.000000371. The van der Waals surface area contributed by atoms with Gasteiger partial charge >= 0.3 is 0 Å². The maximum atomic E-state index is 2.43. The minimum atomic E-state index is 1.31. The van der Waals surface area contributed by atoms with Gasteiger partial charge in [0.25, 0.3) is 0 Å². The van der Waals surface area contributed by atoms with Gasteiger partial charge in [-0.05, 0) is 19.1 Å². The van der Waals surface area contributed by atoms with Crippen molar-refractivity contribution in [1.82, 2.24) is 4.31 Å². The number of rotatable bonds is 1. The first-order chi connectivity index (χ1) is 4.93. The molecule has 0 spiro atoms. The molecule has 0 amide bonds. The molecular formula is C8H19NS. The average Bonchev–Trinajstić information content (AvgIpc) is 2.10. The van der Waals surface area contributed by atoms with Gasteiger partial charge in [0.1, 0.15) is 0 Å². The third kappa shape index (κ3) is 4.18. The van der Waals surface area contributed by atoms with E-state index in [1.165, 1.54) is 32.4 Å². The van der Waals surface area contributed by atoms with Crippen LogP contribution in [0.2, 0.25) is 0 Å². The molecule has 1 aliphatic heterocycles. The Morgan fingerprint density at radius 3 is 1.80 bits per heavy atom. The topological polar surface area (TPSA) is 3.24 Å². The molecule has 0 unspecified atom stereocenters. The van der Waals surface area contributed by atoms with E-state index in [2.05, 4.69) is 10.6 Å². The van der Waals surface area contributed by atoms with E-state index in [9.17, 15) is 0 Å². The third-order valence-electron chi connectivity index (χ3n) is 1.57. The summed E-state index contributed by atoms with van der Waals surface area (Å²) < 4.78 is 2.43. The van der Waals surface area contributed by atoms with E-state index in [1.807, 2.05) is 25.8 Å². The number of nitrogens with zero attached hydrogens (tertiary/aromatic N) is 1. The fourth-order valence-electron chi connectivity index (χ4n) is 1.05. The first-order valence-electron chi connectivity index (χ1n) is 4.22. The molecule has 0 N–H and O–H groups in total. The Kier molecular flexibility index (Phi) is 7.65. The maximum Gasteiger partial charge on any atom is 0.00892 e. The summed E-state index contributed by atoms with van der Waals surface area (Å²) in [4.78, 5) is 0. The van der Waals surface area contributed by atoms with E-state index >= 15 is 0 Å². The molecule has 0 aliphatic carbocycles. The van der Waals surface area contributed by atoms with Crippen LogP contribution in [0.1, 0.15) is 33.1 Å². The van der Waals surface area contributed by atoms with Crippen LogP contribution in [0.3, 0.4) is 0 Å². The SMILES string of the molecule is CC.CSN1CCCCC1.